The quantitative estimate of drug-likeness (QED) is 0.548. The molecular formula is C10H20O3Si. The molecule has 1 heterocycles. The van der Waals surface area contributed by atoms with Gasteiger partial charge in [0.15, 0.2) is 0 Å². The third-order valence-corrected chi connectivity index (χ3v) is 4.19. The van der Waals surface area contributed by atoms with Crippen molar-refractivity contribution >= 4 is 16.2 Å². The van der Waals surface area contributed by atoms with Crippen LogP contribution in [0.5, 0.6) is 0 Å². The highest BCUT2D eigenvalue weighted by molar-refractivity contribution is 6.14. The van der Waals surface area contributed by atoms with Gasteiger partial charge in [0.05, 0.1) is 0 Å². The number of hydrogen-bond acceptors (Lipinski definition) is 2. The van der Waals surface area contributed by atoms with Gasteiger partial charge in [0.1, 0.15) is 0 Å². The summed E-state index contributed by atoms with van der Waals surface area (Å²) in [7, 11) is 1.07. The SMILES string of the molecule is O=C(O)CCCCC1([SiH3])CCCCO1. The molecule has 1 atom stereocenters. The second-order valence-electron chi connectivity index (χ2n) is 4.36. The summed E-state index contributed by atoms with van der Waals surface area (Å²) < 4.78 is 5.79. The number of rotatable bonds is 5. The Morgan fingerprint density at radius 1 is 1.43 bits per heavy atom. The van der Waals surface area contributed by atoms with Crippen LogP contribution in [0, 0.1) is 0 Å². The van der Waals surface area contributed by atoms with E-state index in [1.807, 2.05) is 0 Å². The summed E-state index contributed by atoms with van der Waals surface area (Å²) in [5.74, 6) is -0.683. The minimum Gasteiger partial charge on any atom is -0.481 e. The normalized spacial score (nSPS) is 27.7. The van der Waals surface area contributed by atoms with Gasteiger partial charge < -0.3 is 9.84 Å². The fourth-order valence-corrected chi connectivity index (χ4v) is 2.88. The highest BCUT2D eigenvalue weighted by Gasteiger charge is 2.26. The van der Waals surface area contributed by atoms with Crippen LogP contribution >= 0.6 is 0 Å². The van der Waals surface area contributed by atoms with Gasteiger partial charge >= 0.3 is 5.97 Å². The van der Waals surface area contributed by atoms with Crippen molar-refractivity contribution in [3.05, 3.63) is 0 Å². The van der Waals surface area contributed by atoms with E-state index in [1.165, 1.54) is 19.3 Å². The molecule has 4 heteroatoms. The Balaban J connectivity index is 2.12. The monoisotopic (exact) mass is 216 g/mol. The first-order valence-corrected chi connectivity index (χ1v) is 6.48. The average molecular weight is 216 g/mol. The fourth-order valence-electron chi connectivity index (χ4n) is 1.96. The summed E-state index contributed by atoms with van der Waals surface area (Å²) in [6, 6.07) is 0. The first kappa shape index (κ1) is 11.7. The van der Waals surface area contributed by atoms with E-state index in [0.29, 0.717) is 6.42 Å². The molecule has 0 aromatic carbocycles. The third-order valence-electron chi connectivity index (χ3n) is 2.90. The van der Waals surface area contributed by atoms with Crippen molar-refractivity contribution < 1.29 is 14.6 Å². The van der Waals surface area contributed by atoms with Crippen LogP contribution in [-0.2, 0) is 9.53 Å². The van der Waals surface area contributed by atoms with E-state index in [-0.39, 0.29) is 5.22 Å². The Hall–Kier alpha value is -0.353. The number of unbranched alkanes of at least 4 members (excludes halogenated alkanes) is 1. The first-order valence-electron chi connectivity index (χ1n) is 5.48. The van der Waals surface area contributed by atoms with Gasteiger partial charge in [-0.15, -0.1) is 0 Å². The van der Waals surface area contributed by atoms with E-state index < -0.39 is 5.97 Å². The van der Waals surface area contributed by atoms with Gasteiger partial charge in [0.2, 0.25) is 0 Å². The molecule has 14 heavy (non-hydrogen) atoms. The predicted octanol–water partition coefficient (Wildman–Crippen LogP) is 0.894. The lowest BCUT2D eigenvalue weighted by molar-refractivity contribution is -0.137. The Morgan fingerprint density at radius 3 is 2.79 bits per heavy atom. The largest absolute Gasteiger partial charge is 0.481 e. The molecule has 1 rings (SSSR count). The van der Waals surface area contributed by atoms with Crippen molar-refractivity contribution in [3.63, 3.8) is 0 Å². The summed E-state index contributed by atoms with van der Waals surface area (Å²) in [6.45, 7) is 0.905. The number of carbonyl (C=O) groups is 1. The van der Waals surface area contributed by atoms with Crippen LogP contribution in [0.1, 0.15) is 44.9 Å². The molecule has 0 aliphatic carbocycles. The Labute approximate surface area is 88.3 Å². The number of carboxylic acid groups (broad SMARTS) is 1. The van der Waals surface area contributed by atoms with Crippen LogP contribution < -0.4 is 0 Å². The van der Waals surface area contributed by atoms with Gasteiger partial charge in [-0.1, -0.05) is 6.42 Å². The third kappa shape index (κ3) is 4.24. The fraction of sp³-hybridized carbons (Fsp3) is 0.900. The topological polar surface area (TPSA) is 46.5 Å². The maximum atomic E-state index is 10.3. The molecule has 1 aliphatic rings. The van der Waals surface area contributed by atoms with Gasteiger partial charge in [0, 0.05) is 28.5 Å². The average Bonchev–Trinajstić information content (AvgIpc) is 2.14. The Morgan fingerprint density at radius 2 is 2.21 bits per heavy atom. The Bertz CT molecular complexity index is 188. The molecule has 1 aliphatic heterocycles. The molecule has 0 bridgehead atoms. The van der Waals surface area contributed by atoms with Crippen molar-refractivity contribution in [2.24, 2.45) is 0 Å². The molecule has 1 unspecified atom stereocenters. The van der Waals surface area contributed by atoms with Crippen LogP contribution in [0.4, 0.5) is 0 Å². The van der Waals surface area contributed by atoms with E-state index in [0.717, 1.165) is 36.1 Å². The second-order valence-corrected chi connectivity index (χ2v) is 6.18. The smallest absolute Gasteiger partial charge is 0.303 e. The van der Waals surface area contributed by atoms with Crippen LogP contribution in [0.3, 0.4) is 0 Å². The first-order chi connectivity index (χ1) is 6.62. The summed E-state index contributed by atoms with van der Waals surface area (Å²) in [4.78, 5) is 10.3. The molecule has 1 N–H and O–H groups in total. The van der Waals surface area contributed by atoms with Crippen LogP contribution in [0.15, 0.2) is 0 Å². The van der Waals surface area contributed by atoms with E-state index in [1.54, 1.807) is 0 Å². The van der Waals surface area contributed by atoms with Crippen molar-refractivity contribution in [1.82, 2.24) is 0 Å². The van der Waals surface area contributed by atoms with E-state index >= 15 is 0 Å². The number of hydrogen-bond donors (Lipinski definition) is 1. The number of carboxylic acids is 1. The summed E-state index contributed by atoms with van der Waals surface area (Å²) in [6.07, 6.45) is 6.82. The molecule has 0 aromatic rings. The molecule has 1 saturated heterocycles. The second kappa shape index (κ2) is 5.51. The zero-order valence-electron chi connectivity index (χ0n) is 8.92. The number of aliphatic carboxylic acids is 1. The van der Waals surface area contributed by atoms with Gasteiger partial charge in [0.25, 0.3) is 0 Å². The molecular weight excluding hydrogens is 196 g/mol. The standard InChI is InChI=1S/C10H20O3Si/c11-9(12)5-1-2-6-10(14)7-3-4-8-13-10/h1-8H2,14H3,(H,11,12). The molecule has 0 amide bonds. The maximum absolute atomic E-state index is 10.3. The minimum absolute atomic E-state index is 0.163. The maximum Gasteiger partial charge on any atom is 0.303 e. The predicted molar refractivity (Wildman–Crippen MR) is 58.6 cm³/mol. The zero-order valence-corrected chi connectivity index (χ0v) is 10.9. The number of ether oxygens (including phenoxy) is 1. The summed E-state index contributed by atoms with van der Waals surface area (Å²) in [5, 5.41) is 8.66. The highest BCUT2D eigenvalue weighted by atomic mass is 28.1. The van der Waals surface area contributed by atoms with Crippen molar-refractivity contribution in [1.29, 1.82) is 0 Å². The molecule has 3 nitrogen and oxygen atoms in total. The molecule has 0 saturated carbocycles. The molecule has 0 aromatic heterocycles. The highest BCUT2D eigenvalue weighted by Crippen LogP contribution is 2.26. The van der Waals surface area contributed by atoms with Gasteiger partial charge in [-0.2, -0.15) is 0 Å². The van der Waals surface area contributed by atoms with Gasteiger partial charge in [-0.25, -0.2) is 0 Å². The minimum atomic E-state index is -0.683. The lowest BCUT2D eigenvalue weighted by Gasteiger charge is -2.34. The van der Waals surface area contributed by atoms with Crippen LogP contribution in [0.2, 0.25) is 0 Å². The summed E-state index contributed by atoms with van der Waals surface area (Å²) >= 11 is 0. The van der Waals surface area contributed by atoms with E-state index in [4.69, 9.17) is 9.84 Å². The van der Waals surface area contributed by atoms with Crippen LogP contribution in [-0.4, -0.2) is 33.1 Å². The Kier molecular flexibility index (Phi) is 4.61. The van der Waals surface area contributed by atoms with Crippen molar-refractivity contribution in [3.8, 4) is 0 Å². The van der Waals surface area contributed by atoms with Gasteiger partial charge in [-0.05, 0) is 32.1 Å². The zero-order chi connectivity index (χ0) is 10.4. The van der Waals surface area contributed by atoms with E-state index in [2.05, 4.69) is 0 Å². The van der Waals surface area contributed by atoms with Crippen molar-refractivity contribution in [2.75, 3.05) is 6.61 Å². The molecule has 0 radical (unpaired) electrons. The molecule has 82 valence electrons. The molecule has 0 spiro atoms. The summed E-state index contributed by atoms with van der Waals surface area (Å²) in [5.41, 5.74) is 0. The lowest BCUT2D eigenvalue weighted by atomic mass is 10.0. The lowest BCUT2D eigenvalue weighted by Crippen LogP contribution is -2.36. The van der Waals surface area contributed by atoms with Gasteiger partial charge in [-0.3, -0.25) is 4.79 Å². The molecule has 1 fully saturated rings. The van der Waals surface area contributed by atoms with Crippen LogP contribution in [0.25, 0.3) is 0 Å². The van der Waals surface area contributed by atoms with E-state index in [9.17, 15) is 4.79 Å². The van der Waals surface area contributed by atoms with Crippen molar-refractivity contribution in [2.45, 2.75) is 50.2 Å².